The van der Waals surface area contributed by atoms with Gasteiger partial charge in [0.2, 0.25) is 15.9 Å². The Kier molecular flexibility index (Phi) is 6.18. The Morgan fingerprint density at radius 2 is 1.77 bits per heavy atom. The van der Waals surface area contributed by atoms with Crippen LogP contribution in [0.3, 0.4) is 0 Å². The van der Waals surface area contributed by atoms with Crippen LogP contribution in [0.5, 0.6) is 0 Å². The zero-order chi connectivity index (χ0) is 22.8. The molecule has 1 amide bonds. The number of likely N-dealkylation sites (N-methyl/N-ethyl adjacent to an activating group) is 1. The highest BCUT2D eigenvalue weighted by molar-refractivity contribution is 7.89. The summed E-state index contributed by atoms with van der Waals surface area (Å²) in [5, 5.41) is 7.18. The SMILES string of the molecule is CN(CC(=O)Nc1cc(C(C)(C)C)nn1-c1ncccn1)S(=O)(=O)c1ccc(F)cc1. The molecule has 0 fully saturated rings. The molecule has 164 valence electrons. The minimum absolute atomic E-state index is 0.109. The number of sulfonamides is 1. The summed E-state index contributed by atoms with van der Waals surface area (Å²) < 4.78 is 40.7. The van der Waals surface area contributed by atoms with Gasteiger partial charge in [0.15, 0.2) is 0 Å². The molecule has 0 bridgehead atoms. The third-order valence-electron chi connectivity index (χ3n) is 4.37. The van der Waals surface area contributed by atoms with Crippen LogP contribution in [0.25, 0.3) is 5.95 Å². The Bertz CT molecular complexity index is 1170. The highest BCUT2D eigenvalue weighted by Crippen LogP contribution is 2.25. The molecule has 9 nitrogen and oxygen atoms in total. The van der Waals surface area contributed by atoms with Gasteiger partial charge in [0.05, 0.1) is 17.1 Å². The van der Waals surface area contributed by atoms with Crippen molar-refractivity contribution in [2.24, 2.45) is 0 Å². The average molecular weight is 447 g/mol. The van der Waals surface area contributed by atoms with E-state index in [0.29, 0.717) is 11.5 Å². The van der Waals surface area contributed by atoms with E-state index < -0.39 is 28.3 Å². The number of hydrogen-bond donors (Lipinski definition) is 1. The molecule has 0 atom stereocenters. The third-order valence-corrected chi connectivity index (χ3v) is 6.19. The lowest BCUT2D eigenvalue weighted by molar-refractivity contribution is -0.116. The largest absolute Gasteiger partial charge is 0.309 e. The summed E-state index contributed by atoms with van der Waals surface area (Å²) in [6.07, 6.45) is 3.10. The van der Waals surface area contributed by atoms with Gasteiger partial charge in [-0.15, -0.1) is 0 Å². The first-order valence-electron chi connectivity index (χ1n) is 9.38. The molecule has 0 saturated carbocycles. The van der Waals surface area contributed by atoms with Crippen LogP contribution < -0.4 is 5.32 Å². The van der Waals surface area contributed by atoms with E-state index >= 15 is 0 Å². The number of carbonyl (C=O) groups is 1. The van der Waals surface area contributed by atoms with Crippen molar-refractivity contribution < 1.29 is 17.6 Å². The fourth-order valence-electron chi connectivity index (χ4n) is 2.65. The Hall–Kier alpha value is -3.18. The van der Waals surface area contributed by atoms with Crippen molar-refractivity contribution in [1.29, 1.82) is 0 Å². The number of hydrogen-bond acceptors (Lipinski definition) is 6. The number of halogens is 1. The monoisotopic (exact) mass is 446 g/mol. The van der Waals surface area contributed by atoms with Gasteiger partial charge < -0.3 is 5.32 Å². The van der Waals surface area contributed by atoms with Crippen LogP contribution in [0.1, 0.15) is 26.5 Å². The van der Waals surface area contributed by atoms with Crippen molar-refractivity contribution in [3.8, 4) is 5.95 Å². The summed E-state index contributed by atoms with van der Waals surface area (Å²) in [5.41, 5.74) is 0.393. The van der Waals surface area contributed by atoms with Crippen molar-refractivity contribution >= 4 is 21.7 Å². The number of aromatic nitrogens is 4. The highest BCUT2D eigenvalue weighted by Gasteiger charge is 2.25. The van der Waals surface area contributed by atoms with Gasteiger partial charge in [0.1, 0.15) is 11.6 Å². The number of benzene rings is 1. The van der Waals surface area contributed by atoms with Gasteiger partial charge in [-0.3, -0.25) is 4.79 Å². The van der Waals surface area contributed by atoms with E-state index in [4.69, 9.17) is 0 Å². The maximum absolute atomic E-state index is 13.1. The molecule has 1 aromatic carbocycles. The highest BCUT2D eigenvalue weighted by atomic mass is 32.2. The van der Waals surface area contributed by atoms with E-state index in [-0.39, 0.29) is 16.3 Å². The van der Waals surface area contributed by atoms with Crippen molar-refractivity contribution in [2.75, 3.05) is 18.9 Å². The molecule has 31 heavy (non-hydrogen) atoms. The summed E-state index contributed by atoms with van der Waals surface area (Å²) in [5.74, 6) is -0.551. The summed E-state index contributed by atoms with van der Waals surface area (Å²) in [6, 6.07) is 7.75. The normalized spacial score (nSPS) is 12.2. The molecule has 0 aliphatic rings. The average Bonchev–Trinajstić information content (AvgIpc) is 3.13. The minimum Gasteiger partial charge on any atom is -0.309 e. The number of rotatable bonds is 6. The first kappa shape index (κ1) is 22.5. The van der Waals surface area contributed by atoms with Crippen molar-refractivity contribution in [2.45, 2.75) is 31.1 Å². The molecule has 2 aromatic heterocycles. The minimum atomic E-state index is -3.96. The lowest BCUT2D eigenvalue weighted by Gasteiger charge is -2.17. The fourth-order valence-corrected chi connectivity index (χ4v) is 3.77. The fraction of sp³-hybridized carbons (Fsp3) is 0.300. The van der Waals surface area contributed by atoms with Crippen LogP contribution in [0.2, 0.25) is 0 Å². The molecule has 0 spiro atoms. The molecule has 3 aromatic rings. The summed E-state index contributed by atoms with van der Waals surface area (Å²) in [6.45, 7) is 5.46. The third kappa shape index (κ3) is 5.12. The number of nitrogens with zero attached hydrogens (tertiary/aromatic N) is 5. The predicted octanol–water partition coefficient (Wildman–Crippen LogP) is 2.36. The van der Waals surface area contributed by atoms with E-state index in [1.54, 1.807) is 24.5 Å². The van der Waals surface area contributed by atoms with Gasteiger partial charge in [-0.05, 0) is 30.3 Å². The van der Waals surface area contributed by atoms with E-state index in [2.05, 4.69) is 20.4 Å². The molecule has 0 saturated heterocycles. The van der Waals surface area contributed by atoms with Crippen LogP contribution in [0.15, 0.2) is 53.7 Å². The predicted molar refractivity (Wildman–Crippen MR) is 113 cm³/mol. The molecule has 0 aliphatic heterocycles. The molecule has 2 heterocycles. The summed E-state index contributed by atoms with van der Waals surface area (Å²) in [7, 11) is -2.69. The number of anilines is 1. The van der Waals surface area contributed by atoms with Crippen molar-refractivity contribution in [3.63, 3.8) is 0 Å². The topological polar surface area (TPSA) is 110 Å². The number of amides is 1. The molecule has 0 radical (unpaired) electrons. The van der Waals surface area contributed by atoms with Gasteiger partial charge in [-0.1, -0.05) is 20.8 Å². The van der Waals surface area contributed by atoms with Gasteiger partial charge in [0.25, 0.3) is 5.95 Å². The molecular formula is C20H23FN6O3S. The first-order valence-corrected chi connectivity index (χ1v) is 10.8. The van der Waals surface area contributed by atoms with Crippen LogP contribution in [0.4, 0.5) is 10.2 Å². The van der Waals surface area contributed by atoms with Crippen molar-refractivity contribution in [3.05, 3.63) is 60.3 Å². The lowest BCUT2D eigenvalue weighted by atomic mass is 9.92. The summed E-state index contributed by atoms with van der Waals surface area (Å²) >= 11 is 0. The Morgan fingerprint density at radius 3 is 2.35 bits per heavy atom. The molecule has 3 rings (SSSR count). The molecule has 1 N–H and O–H groups in total. The molecule has 0 unspecified atom stereocenters. The number of nitrogens with one attached hydrogen (secondary N) is 1. The Morgan fingerprint density at radius 1 is 1.16 bits per heavy atom. The molecule has 0 aliphatic carbocycles. The first-order chi connectivity index (χ1) is 14.5. The number of carbonyl (C=O) groups excluding carboxylic acids is 1. The molecule has 11 heteroatoms. The van der Waals surface area contributed by atoms with E-state index in [9.17, 15) is 17.6 Å². The second-order valence-electron chi connectivity index (χ2n) is 7.89. The maximum atomic E-state index is 13.1. The van der Waals surface area contributed by atoms with Crippen LogP contribution in [-0.2, 0) is 20.2 Å². The van der Waals surface area contributed by atoms with Gasteiger partial charge >= 0.3 is 0 Å². The van der Waals surface area contributed by atoms with Crippen LogP contribution >= 0.6 is 0 Å². The second kappa shape index (κ2) is 8.52. The quantitative estimate of drug-likeness (QED) is 0.622. The zero-order valence-electron chi connectivity index (χ0n) is 17.6. The standard InChI is InChI=1S/C20H23FN6O3S/c1-20(2,3)16-12-17(27(25-16)19-22-10-5-11-23-19)24-18(28)13-26(4)31(29,30)15-8-6-14(21)7-9-15/h5-12H,13H2,1-4H3,(H,24,28). The van der Waals surface area contributed by atoms with Gasteiger partial charge in [-0.2, -0.15) is 14.1 Å². The Balaban J connectivity index is 1.83. The van der Waals surface area contributed by atoms with Crippen LogP contribution in [-0.4, -0.2) is 52.0 Å². The smallest absolute Gasteiger partial charge is 0.252 e. The Labute approximate surface area is 180 Å². The maximum Gasteiger partial charge on any atom is 0.252 e. The zero-order valence-corrected chi connectivity index (χ0v) is 18.4. The van der Waals surface area contributed by atoms with E-state index in [1.165, 1.54) is 11.7 Å². The second-order valence-corrected chi connectivity index (χ2v) is 9.93. The van der Waals surface area contributed by atoms with Crippen LogP contribution in [0, 0.1) is 5.82 Å². The van der Waals surface area contributed by atoms with Gasteiger partial charge in [0, 0.05) is 30.9 Å². The van der Waals surface area contributed by atoms with Crippen molar-refractivity contribution in [1.82, 2.24) is 24.1 Å². The van der Waals surface area contributed by atoms with E-state index in [1.807, 2.05) is 20.8 Å². The lowest BCUT2D eigenvalue weighted by Crippen LogP contribution is -2.35. The van der Waals surface area contributed by atoms with Gasteiger partial charge in [-0.25, -0.2) is 22.8 Å². The van der Waals surface area contributed by atoms with E-state index in [0.717, 1.165) is 28.6 Å². The molecular weight excluding hydrogens is 423 g/mol. The summed E-state index contributed by atoms with van der Waals surface area (Å²) in [4.78, 5) is 20.8.